The number of hydrogen-bond donors (Lipinski definition) is 0. The Balaban J connectivity index is 1.72. The smallest absolute Gasteiger partial charge is 0.0993 e. The molecule has 2 saturated heterocycles. The number of nitrogens with zero attached hydrogens (tertiary/aromatic N) is 2. The van der Waals surface area contributed by atoms with E-state index in [4.69, 9.17) is 4.74 Å². The van der Waals surface area contributed by atoms with Gasteiger partial charge in [-0.2, -0.15) is 0 Å². The van der Waals surface area contributed by atoms with Crippen LogP contribution in [0.5, 0.6) is 0 Å². The molecule has 2 aliphatic heterocycles. The zero-order valence-electron chi connectivity index (χ0n) is 8.70. The first-order valence-electron chi connectivity index (χ1n) is 5.33. The topological polar surface area (TPSA) is 15.7 Å². The Morgan fingerprint density at radius 1 is 1.31 bits per heavy atom. The van der Waals surface area contributed by atoms with Gasteiger partial charge < -0.3 is 4.74 Å². The predicted octanol–water partition coefficient (Wildman–Crippen LogP) is 0.759. The summed E-state index contributed by atoms with van der Waals surface area (Å²) in [5, 5.41) is 0. The molecule has 0 amide bonds. The summed E-state index contributed by atoms with van der Waals surface area (Å²) < 4.78 is 5.44. The molecule has 2 heterocycles. The van der Waals surface area contributed by atoms with Gasteiger partial charge in [0.25, 0.3) is 0 Å². The van der Waals surface area contributed by atoms with Crippen LogP contribution in [0.1, 0.15) is 20.3 Å². The van der Waals surface area contributed by atoms with Crippen LogP contribution in [0.3, 0.4) is 0 Å². The van der Waals surface area contributed by atoms with Crippen LogP contribution < -0.4 is 0 Å². The second-order valence-electron chi connectivity index (χ2n) is 4.40. The van der Waals surface area contributed by atoms with E-state index in [1.807, 2.05) is 0 Å². The van der Waals surface area contributed by atoms with Crippen LogP contribution in [0.15, 0.2) is 0 Å². The average Bonchev–Trinajstić information content (AvgIpc) is 2.02. The molecule has 0 N–H and O–H groups in total. The van der Waals surface area contributed by atoms with E-state index >= 15 is 0 Å². The van der Waals surface area contributed by atoms with Crippen molar-refractivity contribution in [2.45, 2.75) is 32.4 Å². The van der Waals surface area contributed by atoms with Crippen molar-refractivity contribution in [2.75, 3.05) is 33.0 Å². The van der Waals surface area contributed by atoms with E-state index in [-0.39, 0.29) is 0 Å². The number of likely N-dealkylation sites (tertiary alicyclic amines) is 1. The lowest BCUT2D eigenvalue weighted by atomic mass is 10.0. The van der Waals surface area contributed by atoms with Crippen LogP contribution in [-0.2, 0) is 4.74 Å². The number of rotatable bonds is 2. The van der Waals surface area contributed by atoms with Gasteiger partial charge in [0, 0.05) is 38.3 Å². The first kappa shape index (κ1) is 9.44. The van der Waals surface area contributed by atoms with E-state index in [9.17, 15) is 0 Å². The van der Waals surface area contributed by atoms with E-state index in [2.05, 4.69) is 23.6 Å². The van der Waals surface area contributed by atoms with Crippen LogP contribution in [-0.4, -0.2) is 54.9 Å². The van der Waals surface area contributed by atoms with Crippen molar-refractivity contribution in [3.05, 3.63) is 0 Å². The molecule has 3 nitrogen and oxygen atoms in total. The predicted molar refractivity (Wildman–Crippen MR) is 52.6 cm³/mol. The van der Waals surface area contributed by atoms with Crippen molar-refractivity contribution in [3.8, 4) is 0 Å². The normalized spacial score (nSPS) is 27.9. The standard InChI is InChI=1S/C10H20N2O/c1-9(2)12-6-10(7-12)11-4-3-5-13-8-11/h9-10H,3-8H2,1-2H3. The van der Waals surface area contributed by atoms with Crippen LogP contribution in [0.2, 0.25) is 0 Å². The van der Waals surface area contributed by atoms with Gasteiger partial charge in [0.1, 0.15) is 0 Å². The van der Waals surface area contributed by atoms with Crippen molar-refractivity contribution in [1.29, 1.82) is 0 Å². The maximum atomic E-state index is 5.44. The lowest BCUT2D eigenvalue weighted by molar-refractivity contribution is -0.0804. The zero-order valence-corrected chi connectivity index (χ0v) is 8.70. The molecule has 0 saturated carbocycles. The van der Waals surface area contributed by atoms with Gasteiger partial charge in [-0.25, -0.2) is 0 Å². The molecule has 3 heteroatoms. The summed E-state index contributed by atoms with van der Waals surface area (Å²) in [5.41, 5.74) is 0. The third-order valence-corrected chi connectivity index (χ3v) is 3.13. The fourth-order valence-electron chi connectivity index (χ4n) is 2.04. The highest BCUT2D eigenvalue weighted by Crippen LogP contribution is 2.19. The number of ether oxygens (including phenoxy) is 1. The molecule has 0 aromatic rings. The molecule has 2 aliphatic rings. The quantitative estimate of drug-likeness (QED) is 0.630. The van der Waals surface area contributed by atoms with Crippen molar-refractivity contribution < 1.29 is 4.74 Å². The van der Waals surface area contributed by atoms with Gasteiger partial charge in [0.2, 0.25) is 0 Å². The molecule has 0 aromatic heterocycles. The molecule has 0 aromatic carbocycles. The molecule has 0 spiro atoms. The van der Waals surface area contributed by atoms with E-state index in [1.54, 1.807) is 0 Å². The molecule has 2 rings (SSSR count). The highest BCUT2D eigenvalue weighted by molar-refractivity contribution is 4.89. The third-order valence-electron chi connectivity index (χ3n) is 3.13. The Morgan fingerprint density at radius 2 is 2.08 bits per heavy atom. The van der Waals surface area contributed by atoms with Crippen molar-refractivity contribution in [1.82, 2.24) is 9.80 Å². The van der Waals surface area contributed by atoms with Crippen LogP contribution in [0.25, 0.3) is 0 Å². The zero-order chi connectivity index (χ0) is 9.26. The summed E-state index contributed by atoms with van der Waals surface area (Å²) in [6, 6.07) is 1.48. The second kappa shape index (κ2) is 3.95. The largest absolute Gasteiger partial charge is 0.366 e. The Labute approximate surface area is 80.6 Å². The summed E-state index contributed by atoms with van der Waals surface area (Å²) in [6.45, 7) is 10.1. The van der Waals surface area contributed by atoms with Gasteiger partial charge in [0.05, 0.1) is 6.73 Å². The van der Waals surface area contributed by atoms with Crippen molar-refractivity contribution in [3.63, 3.8) is 0 Å². The maximum Gasteiger partial charge on any atom is 0.0993 e. The molecule has 13 heavy (non-hydrogen) atoms. The molecule has 0 aliphatic carbocycles. The minimum atomic E-state index is 0.710. The van der Waals surface area contributed by atoms with Crippen LogP contribution >= 0.6 is 0 Å². The minimum Gasteiger partial charge on any atom is -0.366 e. The molecule has 0 bridgehead atoms. The van der Waals surface area contributed by atoms with Gasteiger partial charge in [0.15, 0.2) is 0 Å². The van der Waals surface area contributed by atoms with Gasteiger partial charge in [-0.1, -0.05) is 0 Å². The van der Waals surface area contributed by atoms with Gasteiger partial charge in [-0.15, -0.1) is 0 Å². The molecular formula is C10H20N2O. The van der Waals surface area contributed by atoms with E-state index in [1.165, 1.54) is 26.1 Å². The van der Waals surface area contributed by atoms with E-state index in [0.29, 0.717) is 6.04 Å². The van der Waals surface area contributed by atoms with Gasteiger partial charge in [-0.05, 0) is 20.3 Å². The summed E-state index contributed by atoms with van der Waals surface area (Å²) in [6.07, 6.45) is 1.21. The van der Waals surface area contributed by atoms with Gasteiger partial charge in [-0.3, -0.25) is 9.80 Å². The first-order chi connectivity index (χ1) is 6.27. The lowest BCUT2D eigenvalue weighted by Crippen LogP contribution is -2.62. The Morgan fingerprint density at radius 3 is 2.62 bits per heavy atom. The molecule has 0 unspecified atom stereocenters. The van der Waals surface area contributed by atoms with Crippen LogP contribution in [0.4, 0.5) is 0 Å². The summed E-state index contributed by atoms with van der Waals surface area (Å²) in [5.74, 6) is 0. The third kappa shape index (κ3) is 2.03. The minimum absolute atomic E-state index is 0.710. The summed E-state index contributed by atoms with van der Waals surface area (Å²) in [4.78, 5) is 4.99. The average molecular weight is 184 g/mol. The monoisotopic (exact) mass is 184 g/mol. The Bertz CT molecular complexity index is 160. The SMILES string of the molecule is CC(C)N1CC(N2CCCOC2)C1. The molecular weight excluding hydrogens is 164 g/mol. The fraction of sp³-hybridized carbons (Fsp3) is 1.00. The second-order valence-corrected chi connectivity index (χ2v) is 4.40. The Kier molecular flexibility index (Phi) is 2.86. The lowest BCUT2D eigenvalue weighted by Gasteiger charge is -2.48. The molecule has 0 atom stereocenters. The molecule has 0 radical (unpaired) electrons. The molecule has 76 valence electrons. The van der Waals surface area contributed by atoms with Crippen molar-refractivity contribution >= 4 is 0 Å². The first-order valence-corrected chi connectivity index (χ1v) is 5.33. The fourth-order valence-corrected chi connectivity index (χ4v) is 2.04. The molecule has 2 fully saturated rings. The number of hydrogen-bond acceptors (Lipinski definition) is 3. The van der Waals surface area contributed by atoms with Gasteiger partial charge >= 0.3 is 0 Å². The summed E-state index contributed by atoms with van der Waals surface area (Å²) >= 11 is 0. The van der Waals surface area contributed by atoms with Crippen molar-refractivity contribution in [2.24, 2.45) is 0 Å². The van der Waals surface area contributed by atoms with E-state index in [0.717, 1.165) is 19.4 Å². The van der Waals surface area contributed by atoms with E-state index < -0.39 is 0 Å². The summed E-state index contributed by atoms with van der Waals surface area (Å²) in [7, 11) is 0. The Hall–Kier alpha value is -0.120. The highest BCUT2D eigenvalue weighted by Gasteiger charge is 2.33. The maximum absolute atomic E-state index is 5.44. The highest BCUT2D eigenvalue weighted by atomic mass is 16.5. The van der Waals surface area contributed by atoms with Crippen LogP contribution in [0, 0.1) is 0 Å².